The molecule has 0 saturated heterocycles. The van der Waals surface area contributed by atoms with Gasteiger partial charge in [-0.3, -0.25) is 0 Å². The Hall–Kier alpha value is -4.14. The fourth-order valence-electron chi connectivity index (χ4n) is 7.46. The number of anilines is 3. The van der Waals surface area contributed by atoms with Crippen molar-refractivity contribution in [2.24, 2.45) is 0 Å². The molecule has 42 heavy (non-hydrogen) atoms. The van der Waals surface area contributed by atoms with E-state index in [-0.39, 0.29) is 10.8 Å². The zero-order valence-electron chi connectivity index (χ0n) is 24.4. The van der Waals surface area contributed by atoms with E-state index in [1.54, 1.807) is 0 Å². The van der Waals surface area contributed by atoms with E-state index in [2.05, 4.69) is 170 Å². The smallest absolute Gasteiger partial charge is 0.0503 e. The molecule has 1 aliphatic heterocycles. The van der Waals surface area contributed by atoms with Gasteiger partial charge in [-0.1, -0.05) is 122 Å². The molecule has 6 aromatic carbocycles. The van der Waals surface area contributed by atoms with Crippen molar-refractivity contribution in [3.8, 4) is 22.3 Å². The number of benzene rings is 6. The number of fused-ring (bicyclic) bond motifs is 6. The predicted octanol–water partition coefficient (Wildman–Crippen LogP) is 11.7. The highest BCUT2D eigenvalue weighted by atomic mass is 79.9. The van der Waals surface area contributed by atoms with Crippen LogP contribution in [0.4, 0.5) is 17.1 Å². The largest absolute Gasteiger partial charge is 0.310 e. The predicted molar refractivity (Wildman–Crippen MR) is 181 cm³/mol. The van der Waals surface area contributed by atoms with Crippen LogP contribution in [-0.2, 0) is 10.8 Å². The Morgan fingerprint density at radius 2 is 1.14 bits per heavy atom. The summed E-state index contributed by atoms with van der Waals surface area (Å²) in [7, 11) is 0. The van der Waals surface area contributed by atoms with Crippen molar-refractivity contribution < 1.29 is 0 Å². The first kappa shape index (κ1) is 25.6. The summed E-state index contributed by atoms with van der Waals surface area (Å²) in [4.78, 5) is 2.48. The number of halogens is 1. The number of nitrogens with zero attached hydrogens (tertiary/aromatic N) is 1. The zero-order chi connectivity index (χ0) is 28.8. The second kappa shape index (κ2) is 8.93. The minimum Gasteiger partial charge on any atom is -0.310 e. The van der Waals surface area contributed by atoms with Gasteiger partial charge < -0.3 is 4.90 Å². The molecule has 2 aliphatic rings. The van der Waals surface area contributed by atoms with E-state index in [1.807, 2.05) is 0 Å². The quantitative estimate of drug-likeness (QED) is 0.190. The molecule has 0 atom stereocenters. The summed E-state index contributed by atoms with van der Waals surface area (Å²) in [6.07, 6.45) is 0. The van der Waals surface area contributed by atoms with Crippen LogP contribution in [0.3, 0.4) is 0 Å². The van der Waals surface area contributed by atoms with Crippen LogP contribution in [0, 0.1) is 0 Å². The first-order chi connectivity index (χ1) is 20.2. The molecular formula is C40H32BrN. The lowest BCUT2D eigenvalue weighted by Gasteiger charge is -2.42. The Kier molecular flexibility index (Phi) is 5.43. The van der Waals surface area contributed by atoms with Gasteiger partial charge >= 0.3 is 0 Å². The van der Waals surface area contributed by atoms with Crippen molar-refractivity contribution in [2.45, 2.75) is 38.5 Å². The van der Waals surface area contributed by atoms with Gasteiger partial charge in [0, 0.05) is 21.0 Å². The molecule has 0 N–H and O–H groups in total. The van der Waals surface area contributed by atoms with Gasteiger partial charge in [-0.05, 0) is 97.7 Å². The van der Waals surface area contributed by atoms with Crippen molar-refractivity contribution in [2.75, 3.05) is 4.90 Å². The first-order valence-electron chi connectivity index (χ1n) is 14.7. The Morgan fingerprint density at radius 3 is 2.00 bits per heavy atom. The lowest BCUT2D eigenvalue weighted by molar-refractivity contribution is 0.631. The maximum atomic E-state index is 3.79. The molecule has 0 fully saturated rings. The Balaban J connectivity index is 1.36. The zero-order valence-corrected chi connectivity index (χ0v) is 26.0. The summed E-state index contributed by atoms with van der Waals surface area (Å²) < 4.78 is 1.11. The average Bonchev–Trinajstić information content (AvgIpc) is 3.23. The van der Waals surface area contributed by atoms with Crippen LogP contribution >= 0.6 is 15.9 Å². The second-order valence-electron chi connectivity index (χ2n) is 12.8. The van der Waals surface area contributed by atoms with E-state index in [9.17, 15) is 0 Å². The summed E-state index contributed by atoms with van der Waals surface area (Å²) >= 11 is 3.79. The molecule has 0 amide bonds. The molecule has 2 heteroatoms. The molecule has 1 heterocycles. The van der Waals surface area contributed by atoms with E-state index in [1.165, 1.54) is 72.3 Å². The van der Waals surface area contributed by atoms with Crippen molar-refractivity contribution in [3.63, 3.8) is 0 Å². The molecule has 1 nitrogen and oxygen atoms in total. The molecule has 0 spiro atoms. The van der Waals surface area contributed by atoms with Crippen LogP contribution in [0.15, 0.2) is 126 Å². The number of hydrogen-bond donors (Lipinski definition) is 0. The van der Waals surface area contributed by atoms with Crippen LogP contribution < -0.4 is 4.90 Å². The number of rotatable bonds is 2. The fourth-order valence-corrected chi connectivity index (χ4v) is 7.83. The van der Waals surface area contributed by atoms with Crippen molar-refractivity contribution >= 4 is 43.8 Å². The van der Waals surface area contributed by atoms with Crippen LogP contribution in [-0.4, -0.2) is 0 Å². The average molecular weight is 607 g/mol. The van der Waals surface area contributed by atoms with Gasteiger partial charge in [-0.25, -0.2) is 0 Å². The van der Waals surface area contributed by atoms with E-state index in [4.69, 9.17) is 0 Å². The standard InChI is InChI=1S/C40H32BrN/c1-39(2)33-15-8-7-13-31(33)32-19-18-28(24-34(32)39)42-37-20-16-26(30-14-9-11-25-10-5-6-12-29(25)30)22-35(37)40(3,4)36-23-27(41)17-21-38(36)42/h5-24H,1-4H3. The van der Waals surface area contributed by atoms with Gasteiger partial charge in [0.05, 0.1) is 11.4 Å². The van der Waals surface area contributed by atoms with E-state index >= 15 is 0 Å². The van der Waals surface area contributed by atoms with Crippen molar-refractivity contribution in [1.82, 2.24) is 0 Å². The van der Waals surface area contributed by atoms with Gasteiger partial charge in [0.2, 0.25) is 0 Å². The highest BCUT2D eigenvalue weighted by Gasteiger charge is 2.39. The van der Waals surface area contributed by atoms with E-state index in [0.29, 0.717) is 0 Å². The molecule has 1 aliphatic carbocycles. The minimum atomic E-state index is -0.183. The van der Waals surface area contributed by atoms with Crippen LogP contribution in [0.5, 0.6) is 0 Å². The monoisotopic (exact) mass is 605 g/mol. The SMILES string of the molecule is CC1(C)c2ccccc2-c2ccc(N3c4ccc(Br)cc4C(C)(C)c4cc(-c5cccc6ccccc56)ccc43)cc21. The molecule has 0 radical (unpaired) electrons. The van der Waals surface area contributed by atoms with Gasteiger partial charge in [-0.2, -0.15) is 0 Å². The van der Waals surface area contributed by atoms with Crippen LogP contribution in [0.1, 0.15) is 49.9 Å². The lowest BCUT2D eigenvalue weighted by Crippen LogP contribution is -2.31. The third-order valence-corrected chi connectivity index (χ3v) is 10.2. The van der Waals surface area contributed by atoms with Crippen LogP contribution in [0.25, 0.3) is 33.0 Å². The number of hydrogen-bond acceptors (Lipinski definition) is 1. The third kappa shape index (κ3) is 3.55. The maximum Gasteiger partial charge on any atom is 0.0503 e. The molecule has 0 unspecified atom stereocenters. The molecule has 0 bridgehead atoms. The van der Waals surface area contributed by atoms with Crippen molar-refractivity contribution in [3.05, 3.63) is 148 Å². The lowest BCUT2D eigenvalue weighted by atomic mass is 9.72. The van der Waals surface area contributed by atoms with Crippen LogP contribution in [0.2, 0.25) is 0 Å². The van der Waals surface area contributed by atoms with Gasteiger partial charge in [0.25, 0.3) is 0 Å². The van der Waals surface area contributed by atoms with Gasteiger partial charge in [0.15, 0.2) is 0 Å². The first-order valence-corrected chi connectivity index (χ1v) is 15.5. The Labute approximate surface area is 256 Å². The van der Waals surface area contributed by atoms with Gasteiger partial charge in [-0.15, -0.1) is 0 Å². The fraction of sp³-hybridized carbons (Fsp3) is 0.150. The summed E-state index contributed by atoms with van der Waals surface area (Å²) in [5, 5.41) is 2.55. The topological polar surface area (TPSA) is 3.24 Å². The second-order valence-corrected chi connectivity index (χ2v) is 13.7. The van der Waals surface area contributed by atoms with Gasteiger partial charge in [0.1, 0.15) is 0 Å². The molecule has 0 aromatic heterocycles. The van der Waals surface area contributed by atoms with Crippen molar-refractivity contribution in [1.29, 1.82) is 0 Å². The Bertz CT molecular complexity index is 2060. The summed E-state index contributed by atoms with van der Waals surface area (Å²) in [6.45, 7) is 9.44. The van der Waals surface area contributed by atoms with E-state index < -0.39 is 0 Å². The highest BCUT2D eigenvalue weighted by molar-refractivity contribution is 9.10. The maximum absolute atomic E-state index is 3.79. The molecular weight excluding hydrogens is 574 g/mol. The summed E-state index contributed by atoms with van der Waals surface area (Å²) in [5.41, 5.74) is 14.1. The normalized spacial score (nSPS) is 15.6. The minimum absolute atomic E-state index is 0.0550. The molecule has 8 rings (SSSR count). The summed E-state index contributed by atoms with van der Waals surface area (Å²) in [6, 6.07) is 45.1. The molecule has 6 aromatic rings. The molecule has 0 saturated carbocycles. The summed E-state index contributed by atoms with van der Waals surface area (Å²) in [5.74, 6) is 0. The van der Waals surface area contributed by atoms with E-state index in [0.717, 1.165) is 4.47 Å². The third-order valence-electron chi connectivity index (χ3n) is 9.71. The molecule has 204 valence electrons. The highest BCUT2D eigenvalue weighted by Crippen LogP contribution is 2.55. The Morgan fingerprint density at radius 1 is 0.500 bits per heavy atom.